The van der Waals surface area contributed by atoms with E-state index in [1.54, 1.807) is 0 Å². The zero-order valence-corrected chi connectivity index (χ0v) is 11.1. The number of rotatable bonds is 6. The molecule has 0 radical (unpaired) electrons. The van der Waals surface area contributed by atoms with Gasteiger partial charge in [0.05, 0.1) is 12.4 Å². The number of hydrogen-bond donors (Lipinski definition) is 1. The van der Waals surface area contributed by atoms with Gasteiger partial charge in [0.25, 0.3) is 0 Å². The van der Waals surface area contributed by atoms with Crippen molar-refractivity contribution in [3.8, 4) is 0 Å². The zero-order valence-electron chi connectivity index (χ0n) is 10.3. The first-order valence-electron chi connectivity index (χ1n) is 5.54. The van der Waals surface area contributed by atoms with Gasteiger partial charge in [-0.3, -0.25) is 0 Å². The molecule has 4 nitrogen and oxygen atoms in total. The van der Waals surface area contributed by atoms with Crippen LogP contribution in [0.1, 0.15) is 5.56 Å². The minimum absolute atomic E-state index is 0.163. The second kappa shape index (κ2) is 6.51. The summed E-state index contributed by atoms with van der Waals surface area (Å²) in [5.74, 6) is -1.27. The molecular formula is C11H13F4NO3S. The molecule has 114 valence electrons. The van der Waals surface area contributed by atoms with E-state index in [4.69, 9.17) is 5.11 Å². The second-order valence-corrected chi connectivity index (χ2v) is 6.02. The third-order valence-corrected chi connectivity index (χ3v) is 4.16. The molecule has 20 heavy (non-hydrogen) atoms. The van der Waals surface area contributed by atoms with Crippen molar-refractivity contribution in [1.29, 1.82) is 0 Å². The van der Waals surface area contributed by atoms with Gasteiger partial charge in [0, 0.05) is 6.54 Å². The molecular weight excluding hydrogens is 302 g/mol. The molecule has 0 aliphatic heterocycles. The molecule has 0 aromatic heterocycles. The number of benzene rings is 1. The van der Waals surface area contributed by atoms with Crippen molar-refractivity contribution in [2.45, 2.75) is 11.9 Å². The number of alkyl halides is 3. The third kappa shape index (κ3) is 5.43. The lowest BCUT2D eigenvalue weighted by atomic mass is 10.2. The Morgan fingerprint density at radius 1 is 1.15 bits per heavy atom. The maximum Gasteiger partial charge on any atom is 0.402 e. The fraction of sp³-hybridized carbons (Fsp3) is 0.455. The Labute approximate surface area is 113 Å². The van der Waals surface area contributed by atoms with Gasteiger partial charge in [-0.05, 0) is 17.7 Å². The average molecular weight is 315 g/mol. The van der Waals surface area contributed by atoms with Crippen LogP contribution in [0.2, 0.25) is 0 Å². The molecule has 0 amide bonds. The van der Waals surface area contributed by atoms with Crippen molar-refractivity contribution < 1.29 is 31.1 Å². The minimum Gasteiger partial charge on any atom is -0.395 e. The summed E-state index contributed by atoms with van der Waals surface area (Å²) in [6.07, 6.45) is -4.70. The molecule has 0 saturated carbocycles. The number of sulfonamides is 1. The second-order valence-electron chi connectivity index (χ2n) is 4.06. The van der Waals surface area contributed by atoms with Crippen LogP contribution in [0.5, 0.6) is 0 Å². The van der Waals surface area contributed by atoms with Gasteiger partial charge >= 0.3 is 6.18 Å². The normalized spacial score (nSPS) is 12.9. The van der Waals surface area contributed by atoms with E-state index in [1.165, 1.54) is 12.1 Å². The van der Waals surface area contributed by atoms with E-state index < -0.39 is 47.5 Å². The first-order valence-corrected chi connectivity index (χ1v) is 7.15. The Balaban J connectivity index is 2.90. The van der Waals surface area contributed by atoms with Gasteiger partial charge in [-0.2, -0.15) is 17.5 Å². The van der Waals surface area contributed by atoms with Crippen molar-refractivity contribution >= 4 is 10.0 Å². The zero-order chi connectivity index (χ0) is 15.4. The van der Waals surface area contributed by atoms with Crippen LogP contribution >= 0.6 is 0 Å². The van der Waals surface area contributed by atoms with Crippen molar-refractivity contribution in [3.63, 3.8) is 0 Å². The molecule has 0 aliphatic carbocycles. The molecule has 1 rings (SSSR count). The Morgan fingerprint density at radius 3 is 2.15 bits per heavy atom. The molecule has 0 saturated heterocycles. The SMILES string of the molecule is O=S(=O)(Cc1ccc(F)cc1)N(CCO)CC(F)(F)F. The highest BCUT2D eigenvalue weighted by Crippen LogP contribution is 2.20. The number of aliphatic hydroxyl groups excluding tert-OH is 1. The first kappa shape index (κ1) is 16.9. The van der Waals surface area contributed by atoms with E-state index in [0.29, 0.717) is 0 Å². The summed E-state index contributed by atoms with van der Waals surface area (Å²) in [5, 5.41) is 8.68. The Hall–Kier alpha value is -1.19. The summed E-state index contributed by atoms with van der Waals surface area (Å²) in [7, 11) is -4.25. The molecule has 9 heteroatoms. The maximum atomic E-state index is 12.7. The van der Waals surface area contributed by atoms with Gasteiger partial charge in [-0.1, -0.05) is 12.1 Å². The Morgan fingerprint density at radius 2 is 1.70 bits per heavy atom. The van der Waals surface area contributed by atoms with Crippen molar-refractivity contribution in [2.24, 2.45) is 0 Å². The molecule has 0 spiro atoms. The topological polar surface area (TPSA) is 57.6 Å². The molecule has 0 aliphatic rings. The summed E-state index contributed by atoms with van der Waals surface area (Å²) in [5.41, 5.74) is 0.163. The van der Waals surface area contributed by atoms with Crippen LogP contribution in [0, 0.1) is 5.82 Å². The van der Waals surface area contributed by atoms with E-state index in [-0.39, 0.29) is 9.87 Å². The summed E-state index contributed by atoms with van der Waals surface area (Å²) in [6, 6.07) is 4.39. The molecule has 0 bridgehead atoms. The first-order chi connectivity index (χ1) is 9.14. The summed E-state index contributed by atoms with van der Waals surface area (Å²) < 4.78 is 73.5. The minimum atomic E-state index is -4.70. The highest BCUT2D eigenvalue weighted by molar-refractivity contribution is 7.88. The fourth-order valence-electron chi connectivity index (χ4n) is 1.51. The molecule has 1 aromatic rings. The average Bonchev–Trinajstić information content (AvgIpc) is 2.30. The van der Waals surface area contributed by atoms with Crippen molar-refractivity contribution in [1.82, 2.24) is 4.31 Å². The molecule has 0 fully saturated rings. The van der Waals surface area contributed by atoms with Crippen LogP contribution in [0.3, 0.4) is 0 Å². The number of hydrogen-bond acceptors (Lipinski definition) is 3. The number of halogens is 4. The van der Waals surface area contributed by atoms with Gasteiger partial charge in [-0.15, -0.1) is 0 Å². The highest BCUT2D eigenvalue weighted by atomic mass is 32.2. The van der Waals surface area contributed by atoms with Crippen molar-refractivity contribution in [3.05, 3.63) is 35.6 Å². The van der Waals surface area contributed by atoms with Gasteiger partial charge in [-0.25, -0.2) is 12.8 Å². The largest absolute Gasteiger partial charge is 0.402 e. The van der Waals surface area contributed by atoms with Gasteiger partial charge in [0.1, 0.15) is 12.4 Å². The summed E-state index contributed by atoms with van der Waals surface area (Å²) >= 11 is 0. The lowest BCUT2D eigenvalue weighted by Crippen LogP contribution is -2.41. The van der Waals surface area contributed by atoms with Crippen LogP contribution in [-0.2, 0) is 15.8 Å². The lowest BCUT2D eigenvalue weighted by molar-refractivity contribution is -0.136. The fourth-order valence-corrected chi connectivity index (χ4v) is 3.01. The predicted octanol–water partition coefficient (Wildman–Crippen LogP) is 1.51. The van der Waals surface area contributed by atoms with E-state index in [2.05, 4.69) is 0 Å². The van der Waals surface area contributed by atoms with Gasteiger partial charge < -0.3 is 5.11 Å². The van der Waals surface area contributed by atoms with Crippen LogP contribution in [0.25, 0.3) is 0 Å². The maximum absolute atomic E-state index is 12.7. The quantitative estimate of drug-likeness (QED) is 0.810. The number of nitrogens with zero attached hydrogens (tertiary/aromatic N) is 1. The van der Waals surface area contributed by atoms with Crippen LogP contribution in [0.4, 0.5) is 17.6 Å². The van der Waals surface area contributed by atoms with E-state index >= 15 is 0 Å². The molecule has 1 N–H and O–H groups in total. The Bertz CT molecular complexity index is 528. The van der Waals surface area contributed by atoms with E-state index in [9.17, 15) is 26.0 Å². The summed E-state index contributed by atoms with van der Waals surface area (Å²) in [4.78, 5) is 0. The Kier molecular flexibility index (Phi) is 5.49. The van der Waals surface area contributed by atoms with Crippen LogP contribution < -0.4 is 0 Å². The molecule has 1 aromatic carbocycles. The summed E-state index contributed by atoms with van der Waals surface area (Å²) in [6.45, 7) is -3.04. The monoisotopic (exact) mass is 315 g/mol. The predicted molar refractivity (Wildman–Crippen MR) is 63.7 cm³/mol. The number of aliphatic hydroxyl groups is 1. The lowest BCUT2D eigenvalue weighted by Gasteiger charge is -2.22. The van der Waals surface area contributed by atoms with E-state index in [1.807, 2.05) is 0 Å². The van der Waals surface area contributed by atoms with Gasteiger partial charge in [0.2, 0.25) is 10.0 Å². The van der Waals surface area contributed by atoms with Crippen LogP contribution in [0.15, 0.2) is 24.3 Å². The third-order valence-electron chi connectivity index (χ3n) is 2.36. The smallest absolute Gasteiger partial charge is 0.395 e. The van der Waals surface area contributed by atoms with Crippen molar-refractivity contribution in [2.75, 3.05) is 19.7 Å². The molecule has 0 unspecified atom stereocenters. The molecule has 0 heterocycles. The van der Waals surface area contributed by atoms with Gasteiger partial charge in [0.15, 0.2) is 0 Å². The standard InChI is InChI=1S/C11H13F4NO3S/c12-10-3-1-9(2-4-10)7-20(18,19)16(5-6-17)8-11(13,14)15/h1-4,17H,5-8H2. The van der Waals surface area contributed by atoms with E-state index in [0.717, 1.165) is 12.1 Å². The molecule has 0 atom stereocenters. The van der Waals surface area contributed by atoms with Crippen LogP contribution in [-0.4, -0.2) is 43.7 Å². The highest BCUT2D eigenvalue weighted by Gasteiger charge is 2.35.